The van der Waals surface area contributed by atoms with Crippen LogP contribution in [0.15, 0.2) is 97.2 Å². The summed E-state index contributed by atoms with van der Waals surface area (Å²) in [5.41, 5.74) is 9.73. The predicted molar refractivity (Wildman–Crippen MR) is 406 cm³/mol. The van der Waals surface area contributed by atoms with E-state index in [4.69, 9.17) is 25.3 Å². The molecule has 6 aromatic rings. The van der Waals surface area contributed by atoms with E-state index in [0.717, 1.165) is 81.1 Å². The summed E-state index contributed by atoms with van der Waals surface area (Å²) in [6, 6.07) is 21.7. The average molecular weight is 1540 g/mol. The molecular formula is C77H100N14O16S2. The van der Waals surface area contributed by atoms with Crippen molar-refractivity contribution in [1.82, 2.24) is 57.8 Å². The number of ether oxygens (including phenoxy) is 2. The number of Topliss-reactive ketones (excluding diaryl/α,β-unsaturated/α-hetero) is 2. The van der Waals surface area contributed by atoms with Crippen LogP contribution < -0.4 is 49.3 Å². The topological polar surface area (TPSA) is 470 Å². The molecule has 4 bridgehead atoms. The molecule has 0 spiro atoms. The molecule has 6 aliphatic rings. The number of urea groups is 1. The highest BCUT2D eigenvalue weighted by molar-refractivity contribution is 7.85. The van der Waals surface area contributed by atoms with Crippen LogP contribution in [0, 0.1) is 35.0 Å². The maximum Gasteiger partial charge on any atom is 0.410 e. The molecule has 30 nitrogen and oxygen atoms in total. The van der Waals surface area contributed by atoms with E-state index in [0.29, 0.717) is 90.5 Å². The summed E-state index contributed by atoms with van der Waals surface area (Å²) < 4.78 is 51.7. The van der Waals surface area contributed by atoms with E-state index < -0.39 is 81.7 Å². The SMILES string of the molecule is Cc1c(-c2ccc(N3CCc4cccc(C(=O)Nc5nc6ccccc6s5)c4C3)nc2C(=O)[O-])cnn1CC12CC3(C)CC(C)(C1)CC(OCCN(CCS(=O)(=O)[O-])C(=O)OCc1ccc(CC(=O)[C@H](CCCNC(N)=O)NC(=O)[C@@H](CC(=O)CCCCCNC(=O)CN4C(=O)C=CC4=O)C(C)C)cc1)(C3)C2.[NH4+].[NH4+]. The van der Waals surface area contributed by atoms with Gasteiger partial charge in [-0.05, 0) is 152 Å². The normalized spacial score (nSPS) is 20.2. The van der Waals surface area contributed by atoms with Gasteiger partial charge in [0, 0.05) is 106 Å². The van der Waals surface area contributed by atoms with Gasteiger partial charge in [0.1, 0.15) is 24.8 Å². The molecule has 8 amide bonds. The molecule has 3 aromatic heterocycles. The number of ketones is 2. The molecule has 109 heavy (non-hydrogen) atoms. The van der Waals surface area contributed by atoms with Crippen molar-refractivity contribution >= 4 is 102 Å². The second-order valence-electron chi connectivity index (χ2n) is 30.5. The number of aromatic nitrogens is 4. The van der Waals surface area contributed by atoms with Crippen molar-refractivity contribution < 1.29 is 75.5 Å². The Balaban J connectivity index is 0.00000684. The van der Waals surface area contributed by atoms with E-state index in [1.807, 2.05) is 52.9 Å². The molecule has 0 saturated heterocycles. The van der Waals surface area contributed by atoms with Crippen molar-refractivity contribution in [2.24, 2.45) is 33.8 Å². The maximum atomic E-state index is 14.0. The first kappa shape index (κ1) is 83.2. The highest BCUT2D eigenvalue weighted by Crippen LogP contribution is 2.72. The lowest BCUT2D eigenvalue weighted by Gasteiger charge is -2.69. The van der Waals surface area contributed by atoms with E-state index >= 15 is 0 Å². The van der Waals surface area contributed by atoms with Gasteiger partial charge in [-0.25, -0.2) is 28.0 Å². The van der Waals surface area contributed by atoms with Crippen LogP contribution in [0.3, 0.4) is 0 Å². The Hall–Kier alpha value is -9.86. The second kappa shape index (κ2) is 35.2. The number of nitrogens with two attached hydrogens (primary N) is 1. The van der Waals surface area contributed by atoms with Crippen LogP contribution in [-0.2, 0) is 80.9 Å². The molecule has 4 aliphatic carbocycles. The third-order valence-corrected chi connectivity index (χ3v) is 22.9. The molecule has 12 rings (SSSR count). The molecule has 2 unspecified atom stereocenters. The minimum absolute atomic E-state index is 0. The number of pyridine rings is 1. The number of amides is 8. The molecule has 4 atom stereocenters. The Morgan fingerprint density at radius 1 is 0.798 bits per heavy atom. The lowest BCUT2D eigenvalue weighted by Crippen LogP contribution is -2.64. The average Bonchev–Trinajstić information content (AvgIpc) is 0.929. The highest BCUT2D eigenvalue weighted by atomic mass is 32.2. The van der Waals surface area contributed by atoms with Crippen LogP contribution in [-0.4, -0.2) is 165 Å². The van der Waals surface area contributed by atoms with Gasteiger partial charge in [-0.2, -0.15) is 5.10 Å². The number of imide groups is 1. The summed E-state index contributed by atoms with van der Waals surface area (Å²) in [6.07, 6.45) is 10.5. The van der Waals surface area contributed by atoms with E-state index in [2.05, 4.69) is 40.1 Å². The minimum Gasteiger partial charge on any atom is -0.748 e. The van der Waals surface area contributed by atoms with Crippen LogP contribution in [0.1, 0.15) is 160 Å². The Bertz CT molecular complexity index is 4490. The van der Waals surface area contributed by atoms with E-state index in [9.17, 15) is 66.0 Å². The molecule has 2 aliphatic heterocycles. The number of thiazole rings is 1. The molecule has 5 heterocycles. The number of fused-ring (bicyclic) bond motifs is 2. The fourth-order valence-corrected chi connectivity index (χ4v) is 18.7. The molecule has 3 aromatic carbocycles. The van der Waals surface area contributed by atoms with E-state index in [-0.39, 0.29) is 129 Å². The first-order chi connectivity index (χ1) is 50.9. The molecule has 32 heteroatoms. The van der Waals surface area contributed by atoms with Crippen LogP contribution in [0.5, 0.6) is 0 Å². The molecule has 586 valence electrons. The van der Waals surface area contributed by atoms with Crippen LogP contribution in [0.2, 0.25) is 0 Å². The fraction of sp³-hybridized carbons (Fsp3) is 0.494. The van der Waals surface area contributed by atoms with Gasteiger partial charge in [-0.15, -0.1) is 0 Å². The van der Waals surface area contributed by atoms with Crippen LogP contribution in [0.25, 0.3) is 21.3 Å². The van der Waals surface area contributed by atoms with Crippen molar-refractivity contribution in [2.75, 3.05) is 61.8 Å². The summed E-state index contributed by atoms with van der Waals surface area (Å²) in [7, 11) is -4.76. The summed E-state index contributed by atoms with van der Waals surface area (Å²) in [4.78, 5) is 142. The van der Waals surface area contributed by atoms with Gasteiger partial charge in [0.05, 0.1) is 62.2 Å². The first-order valence-electron chi connectivity index (χ1n) is 36.4. The third kappa shape index (κ3) is 20.9. The number of carboxylic acids is 1. The van der Waals surface area contributed by atoms with Crippen molar-refractivity contribution in [3.05, 3.63) is 136 Å². The van der Waals surface area contributed by atoms with Gasteiger partial charge in [0.25, 0.3) is 17.7 Å². The summed E-state index contributed by atoms with van der Waals surface area (Å²) in [5.74, 6) is -5.79. The van der Waals surface area contributed by atoms with Gasteiger partial charge in [0.15, 0.2) is 10.9 Å². The number of benzene rings is 3. The molecule has 4 saturated carbocycles. The van der Waals surface area contributed by atoms with Crippen molar-refractivity contribution in [1.29, 1.82) is 0 Å². The number of anilines is 2. The largest absolute Gasteiger partial charge is 0.748 e. The standard InChI is InChI=1S/C77H94N12O16S2.2H3N/c1-48(2)56(36-53(90)14-7-6-10-28-79-64(92)39-88-65(93)25-26-66(88)94)69(96)82-59(17-12-29-80-71(78)99)61(91)35-50-19-21-51(22-20-50)40-104-73(100)86(32-34-107(101,102)103)31-33-105-77-44-74(4)41-75(5,45-77)43-76(42-74,46-77)47-89-49(3)57(37-81-89)54-23-24-63(84-67(54)70(97)98)87-30-27-52-13-11-15-55(58(52)38-87)68(95)85-72-83-60-16-8-9-18-62(60)106-72;;/h8-9,11,13,15-16,18-26,37,48,56,59H,6-7,10,12,14,17,27-36,38-47H2,1-5H3,(H,79,92)(H,82,96)(H,97,98)(H3,78,80,99)(H,83,85,95)(H,101,102,103);2*1H3/t56-,59-,74?,75?,76?,77?;;/m0../s1. The number of primary amides is 1. The van der Waals surface area contributed by atoms with Gasteiger partial charge >= 0.3 is 12.1 Å². The van der Waals surface area contributed by atoms with Crippen molar-refractivity contribution in [3.8, 4) is 11.1 Å². The van der Waals surface area contributed by atoms with Crippen LogP contribution in [0.4, 0.5) is 20.5 Å². The fourth-order valence-electron chi connectivity index (χ4n) is 17.3. The predicted octanol–water partition coefficient (Wildman–Crippen LogP) is 7.99. The highest BCUT2D eigenvalue weighted by Gasteiger charge is 2.66. The van der Waals surface area contributed by atoms with Gasteiger partial charge in [-0.1, -0.05) is 94.0 Å². The Labute approximate surface area is 637 Å². The number of nitrogens with zero attached hydrogens (tertiary/aromatic N) is 7. The number of nitrogens with one attached hydrogen (secondary N) is 4. The second-order valence-corrected chi connectivity index (χ2v) is 33.1. The van der Waals surface area contributed by atoms with Gasteiger partial charge in [0.2, 0.25) is 11.8 Å². The smallest absolute Gasteiger partial charge is 0.410 e. The number of quaternary nitrogens is 2. The number of unbranched alkanes of at least 4 members (excludes halogenated alkanes) is 2. The molecule has 0 radical (unpaired) electrons. The Morgan fingerprint density at radius 2 is 1.50 bits per heavy atom. The van der Waals surface area contributed by atoms with Crippen LogP contribution >= 0.6 is 11.3 Å². The number of para-hydroxylation sites is 1. The van der Waals surface area contributed by atoms with Crippen molar-refractivity contribution in [3.63, 3.8) is 0 Å². The van der Waals surface area contributed by atoms with Gasteiger partial charge in [-0.3, -0.25) is 48.5 Å². The molecular weight excluding hydrogens is 1440 g/mol. The maximum absolute atomic E-state index is 14.0. The summed E-state index contributed by atoms with van der Waals surface area (Å²) >= 11 is 1.39. The Kier molecular flexibility index (Phi) is 26.9. The zero-order chi connectivity index (χ0) is 76.6. The quantitative estimate of drug-likeness (QED) is 0.0111. The number of hydrogen-bond acceptors (Lipinski definition) is 21. The van der Waals surface area contributed by atoms with Crippen molar-refractivity contribution in [2.45, 2.75) is 162 Å². The number of hydrogen-bond donors (Lipinski definition) is 7. The number of carbonyl (C=O) groups is 10. The van der Waals surface area contributed by atoms with Gasteiger partial charge < -0.3 is 67.7 Å². The summed E-state index contributed by atoms with van der Waals surface area (Å²) in [5, 5.41) is 29.5. The summed E-state index contributed by atoms with van der Waals surface area (Å²) in [6.45, 7) is 10.7. The lowest BCUT2D eigenvalue weighted by atomic mass is 9.39. The zero-order valence-corrected chi connectivity index (χ0v) is 64.5. The van der Waals surface area contributed by atoms with E-state index in [1.54, 1.807) is 62.5 Å². The number of carbonyl (C=O) groups excluding carboxylic acids is 10. The first-order valence-corrected chi connectivity index (χ1v) is 38.8. The third-order valence-electron chi connectivity index (χ3n) is 21.3. The minimum atomic E-state index is -4.76. The Morgan fingerprint density at radius 3 is 2.19 bits per heavy atom. The molecule has 14 N–H and O–H groups in total. The lowest BCUT2D eigenvalue weighted by molar-refractivity contribution is -0.255. The number of rotatable bonds is 36. The van der Waals surface area contributed by atoms with E-state index in [1.165, 1.54) is 11.3 Å². The monoisotopic (exact) mass is 1540 g/mol. The molecule has 4 fully saturated rings. The zero-order valence-electron chi connectivity index (χ0n) is 62.9. The number of aromatic carboxylic acids is 1. The number of carboxylic acid groups (broad SMARTS) is 1.